The molecule has 12 heavy (non-hydrogen) atoms. The molecule has 0 aliphatic carbocycles. The fraction of sp³-hybridized carbons (Fsp3) is 0.455. The predicted molar refractivity (Wildman–Crippen MR) is 54.2 cm³/mol. The average molecular weight is 166 g/mol. The van der Waals surface area contributed by atoms with Crippen molar-refractivity contribution in [3.63, 3.8) is 0 Å². The fourth-order valence-corrected chi connectivity index (χ4v) is 0.723. The van der Waals surface area contributed by atoms with E-state index in [9.17, 15) is 0 Å². The second-order valence-electron chi connectivity index (χ2n) is 2.96. The molecular formula is C11H18O. The van der Waals surface area contributed by atoms with Crippen molar-refractivity contribution >= 4 is 0 Å². The predicted octanol–water partition coefficient (Wildman–Crippen LogP) is 3.10. The quantitative estimate of drug-likeness (QED) is 0.570. The van der Waals surface area contributed by atoms with Gasteiger partial charge in [-0.3, -0.25) is 0 Å². The van der Waals surface area contributed by atoms with E-state index < -0.39 is 0 Å². The zero-order chi connectivity index (χ0) is 9.40. The molecule has 0 aromatic carbocycles. The first kappa shape index (κ1) is 11.2. The summed E-state index contributed by atoms with van der Waals surface area (Å²) in [7, 11) is 1.72. The van der Waals surface area contributed by atoms with E-state index in [1.54, 1.807) is 7.11 Å². The van der Waals surface area contributed by atoms with E-state index in [1.165, 1.54) is 5.57 Å². The molecule has 1 nitrogen and oxygen atoms in total. The van der Waals surface area contributed by atoms with Crippen LogP contribution in [0.2, 0.25) is 0 Å². The van der Waals surface area contributed by atoms with Crippen molar-refractivity contribution in [2.24, 2.45) is 0 Å². The minimum Gasteiger partial charge on any atom is -0.384 e. The number of hydrogen-bond acceptors (Lipinski definition) is 1. The fourth-order valence-electron chi connectivity index (χ4n) is 0.723. The summed E-state index contributed by atoms with van der Waals surface area (Å²) in [6.07, 6.45) is 7.11. The molecule has 0 aliphatic heterocycles. The van der Waals surface area contributed by atoms with Crippen LogP contribution < -0.4 is 0 Å². The van der Waals surface area contributed by atoms with Gasteiger partial charge in [0.05, 0.1) is 0 Å². The Hall–Kier alpha value is -0.820. The first-order chi connectivity index (χ1) is 5.66. The Morgan fingerprint density at radius 2 is 2.08 bits per heavy atom. The second-order valence-corrected chi connectivity index (χ2v) is 2.96. The molecule has 0 radical (unpaired) electrons. The summed E-state index contributed by atoms with van der Waals surface area (Å²) in [6, 6.07) is 0. The van der Waals surface area contributed by atoms with Crippen molar-refractivity contribution in [3.05, 3.63) is 36.0 Å². The van der Waals surface area contributed by atoms with Crippen LogP contribution in [-0.2, 0) is 4.74 Å². The standard InChI is InChI=1S/C11H18O/c1-10(2)6-5-7-11(3)8-9-12-4/h5-7H,1,8-9H2,2-4H3/b6-5-,11-7+. The van der Waals surface area contributed by atoms with Crippen molar-refractivity contribution < 1.29 is 4.74 Å². The Morgan fingerprint density at radius 1 is 1.42 bits per heavy atom. The van der Waals surface area contributed by atoms with Gasteiger partial charge in [0.2, 0.25) is 0 Å². The number of allylic oxidation sites excluding steroid dienone is 4. The normalized spacial score (nSPS) is 12.4. The summed E-state index contributed by atoms with van der Waals surface area (Å²) < 4.78 is 4.96. The van der Waals surface area contributed by atoms with Crippen molar-refractivity contribution in [1.82, 2.24) is 0 Å². The topological polar surface area (TPSA) is 9.23 Å². The van der Waals surface area contributed by atoms with Crippen molar-refractivity contribution in [1.29, 1.82) is 0 Å². The molecule has 0 amide bonds. The lowest BCUT2D eigenvalue weighted by Gasteiger charge is -1.97. The average Bonchev–Trinajstić information content (AvgIpc) is 2.00. The molecule has 0 fully saturated rings. The van der Waals surface area contributed by atoms with E-state index in [0.717, 1.165) is 18.6 Å². The largest absolute Gasteiger partial charge is 0.384 e. The van der Waals surface area contributed by atoms with Crippen molar-refractivity contribution in [2.45, 2.75) is 20.3 Å². The highest BCUT2D eigenvalue weighted by Crippen LogP contribution is 2.00. The van der Waals surface area contributed by atoms with Crippen LogP contribution in [0.3, 0.4) is 0 Å². The van der Waals surface area contributed by atoms with E-state index in [2.05, 4.69) is 19.6 Å². The second kappa shape index (κ2) is 6.86. The highest BCUT2D eigenvalue weighted by molar-refractivity contribution is 5.19. The molecule has 0 atom stereocenters. The lowest BCUT2D eigenvalue weighted by atomic mass is 10.2. The van der Waals surface area contributed by atoms with Crippen LogP contribution in [0, 0.1) is 0 Å². The molecule has 0 heterocycles. The monoisotopic (exact) mass is 166 g/mol. The van der Waals surface area contributed by atoms with Crippen molar-refractivity contribution in [3.8, 4) is 0 Å². The molecule has 0 aromatic heterocycles. The van der Waals surface area contributed by atoms with E-state index in [4.69, 9.17) is 4.74 Å². The summed E-state index contributed by atoms with van der Waals surface area (Å²) in [4.78, 5) is 0. The third-order valence-corrected chi connectivity index (χ3v) is 1.46. The summed E-state index contributed by atoms with van der Waals surface area (Å²) in [5, 5.41) is 0. The van der Waals surface area contributed by atoms with Gasteiger partial charge in [0.25, 0.3) is 0 Å². The van der Waals surface area contributed by atoms with Gasteiger partial charge in [0.15, 0.2) is 0 Å². The Bertz CT molecular complexity index is 187. The van der Waals surface area contributed by atoms with Crippen LogP contribution in [0.1, 0.15) is 20.3 Å². The minimum absolute atomic E-state index is 0.795. The maximum absolute atomic E-state index is 4.96. The number of methoxy groups -OCH3 is 1. The zero-order valence-corrected chi connectivity index (χ0v) is 8.26. The summed E-state index contributed by atoms with van der Waals surface area (Å²) in [5.41, 5.74) is 2.40. The van der Waals surface area contributed by atoms with Gasteiger partial charge < -0.3 is 4.74 Å². The van der Waals surface area contributed by atoms with Gasteiger partial charge in [-0.2, -0.15) is 0 Å². The zero-order valence-electron chi connectivity index (χ0n) is 8.26. The molecule has 0 N–H and O–H groups in total. The van der Waals surface area contributed by atoms with Gasteiger partial charge in [-0.15, -0.1) is 0 Å². The van der Waals surface area contributed by atoms with Gasteiger partial charge >= 0.3 is 0 Å². The number of rotatable bonds is 5. The van der Waals surface area contributed by atoms with Crippen LogP contribution in [0.25, 0.3) is 0 Å². The van der Waals surface area contributed by atoms with Gasteiger partial charge in [0, 0.05) is 13.7 Å². The summed E-state index contributed by atoms with van der Waals surface area (Å²) in [6.45, 7) is 8.65. The van der Waals surface area contributed by atoms with Crippen LogP contribution in [-0.4, -0.2) is 13.7 Å². The Kier molecular flexibility index (Phi) is 6.39. The van der Waals surface area contributed by atoms with Crippen LogP contribution in [0.5, 0.6) is 0 Å². The van der Waals surface area contributed by atoms with E-state index in [-0.39, 0.29) is 0 Å². The summed E-state index contributed by atoms with van der Waals surface area (Å²) in [5.74, 6) is 0. The van der Waals surface area contributed by atoms with E-state index in [0.29, 0.717) is 0 Å². The molecule has 0 bridgehead atoms. The molecule has 0 aromatic rings. The van der Waals surface area contributed by atoms with Crippen LogP contribution in [0.4, 0.5) is 0 Å². The Labute approximate surface area is 75.4 Å². The van der Waals surface area contributed by atoms with Crippen LogP contribution in [0.15, 0.2) is 36.0 Å². The minimum atomic E-state index is 0.795. The van der Waals surface area contributed by atoms with Crippen LogP contribution >= 0.6 is 0 Å². The SMILES string of the molecule is C=C(C)/C=C\C=C(/C)CCOC. The maximum atomic E-state index is 4.96. The molecule has 0 aliphatic rings. The first-order valence-corrected chi connectivity index (χ1v) is 4.15. The molecule has 0 unspecified atom stereocenters. The first-order valence-electron chi connectivity index (χ1n) is 4.15. The number of ether oxygens (including phenoxy) is 1. The van der Waals surface area contributed by atoms with E-state index >= 15 is 0 Å². The van der Waals surface area contributed by atoms with E-state index in [1.807, 2.05) is 19.1 Å². The molecule has 1 heteroatoms. The highest BCUT2D eigenvalue weighted by atomic mass is 16.5. The lowest BCUT2D eigenvalue weighted by molar-refractivity contribution is 0.202. The number of hydrogen-bond donors (Lipinski definition) is 0. The smallest absolute Gasteiger partial charge is 0.0499 e. The molecular weight excluding hydrogens is 148 g/mol. The molecule has 0 spiro atoms. The van der Waals surface area contributed by atoms with Gasteiger partial charge in [-0.25, -0.2) is 0 Å². The maximum Gasteiger partial charge on any atom is 0.0499 e. The third kappa shape index (κ3) is 7.29. The Balaban J connectivity index is 3.75. The van der Waals surface area contributed by atoms with Gasteiger partial charge in [-0.05, 0) is 20.3 Å². The molecule has 0 saturated heterocycles. The van der Waals surface area contributed by atoms with Gasteiger partial charge in [-0.1, -0.05) is 36.0 Å². The highest BCUT2D eigenvalue weighted by Gasteiger charge is 1.85. The third-order valence-electron chi connectivity index (χ3n) is 1.46. The Morgan fingerprint density at radius 3 is 2.58 bits per heavy atom. The lowest BCUT2D eigenvalue weighted by Crippen LogP contribution is -1.88. The van der Waals surface area contributed by atoms with Gasteiger partial charge in [0.1, 0.15) is 0 Å². The molecule has 68 valence electrons. The molecule has 0 saturated carbocycles. The summed E-state index contributed by atoms with van der Waals surface area (Å²) >= 11 is 0. The van der Waals surface area contributed by atoms with Crippen molar-refractivity contribution in [2.75, 3.05) is 13.7 Å². The molecule has 0 rings (SSSR count).